The summed E-state index contributed by atoms with van der Waals surface area (Å²) in [5, 5.41) is 5.59. The van der Waals surface area contributed by atoms with Crippen molar-refractivity contribution in [3.8, 4) is 0 Å². The number of benzene rings is 1. The van der Waals surface area contributed by atoms with E-state index in [2.05, 4.69) is 15.5 Å². The Bertz CT molecular complexity index is 741. The van der Waals surface area contributed by atoms with Crippen LogP contribution in [0.3, 0.4) is 0 Å². The van der Waals surface area contributed by atoms with Crippen LogP contribution in [0.2, 0.25) is 0 Å². The number of nitrogens with zero attached hydrogens (tertiary/aromatic N) is 1. The fraction of sp³-hybridized carbons (Fsp3) is 0.591. The highest BCUT2D eigenvalue weighted by atomic mass is 16.5. The molecule has 0 spiro atoms. The lowest BCUT2D eigenvalue weighted by Gasteiger charge is -2.23. The molecule has 3 atom stereocenters. The Kier molecular flexibility index (Phi) is 6.90. The van der Waals surface area contributed by atoms with Gasteiger partial charge in [0.1, 0.15) is 18.7 Å². The third kappa shape index (κ3) is 5.35. The normalized spacial score (nSPS) is 22.8. The average Bonchev–Trinajstić information content (AvgIpc) is 3.33. The number of anilines is 1. The lowest BCUT2D eigenvalue weighted by molar-refractivity contribution is -0.127. The zero-order valence-electron chi connectivity index (χ0n) is 17.4. The molecule has 2 aliphatic heterocycles. The number of carbonyl (C=O) groups is 3. The summed E-state index contributed by atoms with van der Waals surface area (Å²) in [5.41, 5.74) is 1.63. The summed E-state index contributed by atoms with van der Waals surface area (Å²) < 4.78 is 5.29. The zero-order valence-corrected chi connectivity index (χ0v) is 17.4. The SMILES string of the molecule is CC(C)CC(NC(=O)c1ccc(N2CCCC2)cc1)C(=O)N[C@@H]1C(=O)CO[C@@H]1C. The van der Waals surface area contributed by atoms with Crippen molar-refractivity contribution in [2.24, 2.45) is 5.92 Å². The van der Waals surface area contributed by atoms with Crippen molar-refractivity contribution in [1.82, 2.24) is 10.6 Å². The molecule has 2 amide bonds. The monoisotopic (exact) mass is 401 g/mol. The predicted octanol–water partition coefficient (Wildman–Crippen LogP) is 1.90. The van der Waals surface area contributed by atoms with E-state index < -0.39 is 12.1 Å². The molecule has 1 unspecified atom stereocenters. The first kappa shape index (κ1) is 21.3. The van der Waals surface area contributed by atoms with Gasteiger partial charge < -0.3 is 20.3 Å². The molecule has 2 N–H and O–H groups in total. The van der Waals surface area contributed by atoms with Crippen LogP contribution in [0.15, 0.2) is 24.3 Å². The molecule has 0 radical (unpaired) electrons. The molecule has 0 aliphatic carbocycles. The van der Waals surface area contributed by atoms with Crippen LogP contribution in [0.4, 0.5) is 5.69 Å². The van der Waals surface area contributed by atoms with Crippen LogP contribution >= 0.6 is 0 Å². The Balaban J connectivity index is 1.64. The van der Waals surface area contributed by atoms with Gasteiger partial charge in [-0.15, -0.1) is 0 Å². The van der Waals surface area contributed by atoms with E-state index in [0.29, 0.717) is 12.0 Å². The predicted molar refractivity (Wildman–Crippen MR) is 111 cm³/mol. The van der Waals surface area contributed by atoms with Crippen molar-refractivity contribution in [2.75, 3.05) is 24.6 Å². The second-order valence-electron chi connectivity index (χ2n) is 8.37. The third-order valence-electron chi connectivity index (χ3n) is 5.53. The molecule has 2 fully saturated rings. The lowest BCUT2D eigenvalue weighted by atomic mass is 10.0. The standard InChI is InChI=1S/C22H31N3O4/c1-14(2)12-18(22(28)24-20-15(3)29-13-19(20)26)23-21(27)16-6-8-17(9-7-16)25-10-4-5-11-25/h6-9,14-15,18,20H,4-5,10-13H2,1-3H3,(H,23,27)(H,24,28)/t15-,18?,20+/m1/s1. The lowest BCUT2D eigenvalue weighted by Crippen LogP contribution is -2.53. The van der Waals surface area contributed by atoms with Crippen LogP contribution in [0, 0.1) is 5.92 Å². The van der Waals surface area contributed by atoms with Crippen LogP contribution < -0.4 is 15.5 Å². The van der Waals surface area contributed by atoms with Gasteiger partial charge in [-0.2, -0.15) is 0 Å². The van der Waals surface area contributed by atoms with Gasteiger partial charge in [-0.05, 0) is 56.4 Å². The van der Waals surface area contributed by atoms with Crippen molar-refractivity contribution < 1.29 is 19.1 Å². The van der Waals surface area contributed by atoms with Gasteiger partial charge in [0.2, 0.25) is 5.91 Å². The largest absolute Gasteiger partial charge is 0.372 e. The number of Topliss-reactive ketones (excluding diaryl/α,β-unsaturated/α-hetero) is 1. The molecule has 7 heteroatoms. The number of hydrogen-bond donors (Lipinski definition) is 2. The molecule has 0 bridgehead atoms. The van der Waals surface area contributed by atoms with Gasteiger partial charge in [-0.25, -0.2) is 0 Å². The maximum atomic E-state index is 12.8. The molecule has 7 nitrogen and oxygen atoms in total. The summed E-state index contributed by atoms with van der Waals surface area (Å²) in [7, 11) is 0. The maximum Gasteiger partial charge on any atom is 0.251 e. The van der Waals surface area contributed by atoms with Crippen LogP contribution in [-0.2, 0) is 14.3 Å². The third-order valence-corrected chi connectivity index (χ3v) is 5.53. The molecule has 2 aliphatic rings. The summed E-state index contributed by atoms with van der Waals surface area (Å²) in [6.45, 7) is 7.84. The van der Waals surface area contributed by atoms with E-state index in [0.717, 1.165) is 18.8 Å². The average molecular weight is 402 g/mol. The van der Waals surface area contributed by atoms with Gasteiger partial charge in [0.05, 0.1) is 6.10 Å². The van der Waals surface area contributed by atoms with E-state index in [1.807, 2.05) is 26.0 Å². The van der Waals surface area contributed by atoms with Gasteiger partial charge in [0, 0.05) is 24.3 Å². The second kappa shape index (κ2) is 9.39. The van der Waals surface area contributed by atoms with Crippen molar-refractivity contribution in [3.63, 3.8) is 0 Å². The highest BCUT2D eigenvalue weighted by Crippen LogP contribution is 2.20. The Labute approximate surface area is 172 Å². The van der Waals surface area contributed by atoms with Gasteiger partial charge in [-0.3, -0.25) is 14.4 Å². The minimum atomic E-state index is -0.707. The number of ketones is 1. The molecule has 0 saturated carbocycles. The van der Waals surface area contributed by atoms with Crippen LogP contribution in [-0.4, -0.2) is 55.5 Å². The summed E-state index contributed by atoms with van der Waals surface area (Å²) in [6, 6.07) is 6.13. The molecule has 1 aromatic carbocycles. The Morgan fingerprint density at radius 3 is 2.38 bits per heavy atom. The second-order valence-corrected chi connectivity index (χ2v) is 8.37. The highest BCUT2D eigenvalue weighted by molar-refractivity contribution is 5.99. The fourth-order valence-electron chi connectivity index (χ4n) is 3.86. The first-order chi connectivity index (χ1) is 13.8. The number of amides is 2. The molecular weight excluding hydrogens is 370 g/mol. The van der Waals surface area contributed by atoms with Crippen LogP contribution in [0.5, 0.6) is 0 Å². The summed E-state index contributed by atoms with van der Waals surface area (Å²) in [5.74, 6) is -0.577. The van der Waals surface area contributed by atoms with Crippen molar-refractivity contribution >= 4 is 23.3 Å². The molecule has 29 heavy (non-hydrogen) atoms. The van der Waals surface area contributed by atoms with Gasteiger partial charge in [0.25, 0.3) is 5.91 Å². The molecule has 3 rings (SSSR count). The van der Waals surface area contributed by atoms with Crippen molar-refractivity contribution in [2.45, 2.75) is 58.2 Å². The number of hydrogen-bond acceptors (Lipinski definition) is 5. The Morgan fingerprint density at radius 2 is 1.83 bits per heavy atom. The Morgan fingerprint density at radius 1 is 1.17 bits per heavy atom. The quantitative estimate of drug-likeness (QED) is 0.729. The van der Waals surface area contributed by atoms with Crippen molar-refractivity contribution in [1.29, 1.82) is 0 Å². The Hall–Kier alpha value is -2.41. The molecule has 158 valence electrons. The fourth-order valence-corrected chi connectivity index (χ4v) is 3.86. The van der Waals surface area contributed by atoms with Crippen molar-refractivity contribution in [3.05, 3.63) is 29.8 Å². The summed E-state index contributed by atoms with van der Waals surface area (Å²) >= 11 is 0. The number of carbonyl (C=O) groups excluding carboxylic acids is 3. The molecule has 2 heterocycles. The zero-order chi connectivity index (χ0) is 21.0. The smallest absolute Gasteiger partial charge is 0.251 e. The summed E-state index contributed by atoms with van der Waals surface area (Å²) in [4.78, 5) is 39.7. The van der Waals surface area contributed by atoms with Crippen LogP contribution in [0.25, 0.3) is 0 Å². The minimum absolute atomic E-state index is 0.0106. The summed E-state index contributed by atoms with van der Waals surface area (Å²) in [6.07, 6.45) is 2.52. The van der Waals surface area contributed by atoms with E-state index in [1.165, 1.54) is 12.8 Å². The van der Waals surface area contributed by atoms with Gasteiger partial charge in [0.15, 0.2) is 5.78 Å². The molecule has 0 aromatic heterocycles. The first-order valence-corrected chi connectivity index (χ1v) is 10.5. The first-order valence-electron chi connectivity index (χ1n) is 10.5. The number of nitrogens with one attached hydrogen (secondary N) is 2. The molecular formula is C22H31N3O4. The number of ether oxygens (including phenoxy) is 1. The highest BCUT2D eigenvalue weighted by Gasteiger charge is 2.35. The van der Waals surface area contributed by atoms with E-state index in [1.54, 1.807) is 19.1 Å². The maximum absolute atomic E-state index is 12.8. The van der Waals surface area contributed by atoms with Crippen LogP contribution in [0.1, 0.15) is 50.4 Å². The molecule has 1 aromatic rings. The van der Waals surface area contributed by atoms with E-state index in [-0.39, 0.29) is 36.2 Å². The van der Waals surface area contributed by atoms with Gasteiger partial charge in [-0.1, -0.05) is 13.8 Å². The van der Waals surface area contributed by atoms with Gasteiger partial charge >= 0.3 is 0 Å². The van der Waals surface area contributed by atoms with E-state index in [9.17, 15) is 14.4 Å². The minimum Gasteiger partial charge on any atom is -0.372 e. The molecule has 2 saturated heterocycles. The van der Waals surface area contributed by atoms with E-state index in [4.69, 9.17) is 4.74 Å². The van der Waals surface area contributed by atoms with E-state index >= 15 is 0 Å². The topological polar surface area (TPSA) is 87.7 Å². The number of rotatable bonds is 7.